The standard InChI is InChI=1S/C16H25N3O/c1-11(2)18-16(5,9-20)8-19-10-17-14-6-12(3)13(4)7-15(14)19/h6-7,10-11,18,20H,8-9H2,1-5H3. The fourth-order valence-electron chi connectivity index (χ4n) is 2.65. The van der Waals surface area contributed by atoms with E-state index in [9.17, 15) is 5.11 Å². The van der Waals surface area contributed by atoms with Crippen molar-refractivity contribution in [3.8, 4) is 0 Å². The van der Waals surface area contributed by atoms with Crippen molar-refractivity contribution >= 4 is 11.0 Å². The lowest BCUT2D eigenvalue weighted by Gasteiger charge is -2.31. The van der Waals surface area contributed by atoms with E-state index < -0.39 is 0 Å². The van der Waals surface area contributed by atoms with Crippen LogP contribution >= 0.6 is 0 Å². The van der Waals surface area contributed by atoms with E-state index >= 15 is 0 Å². The van der Waals surface area contributed by atoms with Gasteiger partial charge in [-0.3, -0.25) is 0 Å². The van der Waals surface area contributed by atoms with E-state index in [1.807, 2.05) is 13.3 Å². The molecule has 0 saturated heterocycles. The van der Waals surface area contributed by atoms with Gasteiger partial charge in [0.2, 0.25) is 0 Å². The second-order valence-corrected chi connectivity index (χ2v) is 6.32. The fourth-order valence-corrected chi connectivity index (χ4v) is 2.65. The van der Waals surface area contributed by atoms with E-state index in [2.05, 4.69) is 54.7 Å². The van der Waals surface area contributed by atoms with Crippen LogP contribution in [-0.4, -0.2) is 32.8 Å². The molecule has 2 N–H and O–H groups in total. The van der Waals surface area contributed by atoms with Crippen LogP contribution in [0.2, 0.25) is 0 Å². The Morgan fingerprint density at radius 2 is 1.95 bits per heavy atom. The summed E-state index contributed by atoms with van der Waals surface area (Å²) in [5.41, 5.74) is 4.31. The smallest absolute Gasteiger partial charge is 0.0958 e. The highest BCUT2D eigenvalue weighted by Crippen LogP contribution is 2.20. The van der Waals surface area contributed by atoms with Gasteiger partial charge in [-0.25, -0.2) is 4.98 Å². The molecule has 0 spiro atoms. The molecule has 0 amide bonds. The maximum absolute atomic E-state index is 9.71. The number of rotatable bonds is 5. The average molecular weight is 275 g/mol. The molecule has 0 aliphatic carbocycles. The molecule has 1 aromatic carbocycles. The van der Waals surface area contributed by atoms with Crippen LogP contribution in [0.1, 0.15) is 31.9 Å². The van der Waals surface area contributed by atoms with Gasteiger partial charge in [-0.1, -0.05) is 13.8 Å². The molecular formula is C16H25N3O. The lowest BCUT2D eigenvalue weighted by Crippen LogP contribution is -2.51. The Kier molecular flexibility index (Phi) is 4.16. The van der Waals surface area contributed by atoms with Gasteiger partial charge < -0.3 is 15.0 Å². The maximum Gasteiger partial charge on any atom is 0.0958 e. The molecule has 4 nitrogen and oxygen atoms in total. The lowest BCUT2D eigenvalue weighted by molar-refractivity contribution is 0.149. The summed E-state index contributed by atoms with van der Waals surface area (Å²) < 4.78 is 2.12. The monoisotopic (exact) mass is 275 g/mol. The first kappa shape index (κ1) is 15.0. The quantitative estimate of drug-likeness (QED) is 0.881. The van der Waals surface area contributed by atoms with Crippen LogP contribution in [0.15, 0.2) is 18.5 Å². The van der Waals surface area contributed by atoms with Gasteiger partial charge in [0, 0.05) is 12.6 Å². The van der Waals surface area contributed by atoms with Crippen molar-refractivity contribution in [2.24, 2.45) is 0 Å². The minimum absolute atomic E-state index is 0.0930. The highest BCUT2D eigenvalue weighted by atomic mass is 16.3. The molecule has 0 bridgehead atoms. The molecule has 1 atom stereocenters. The van der Waals surface area contributed by atoms with Crippen LogP contribution in [0.3, 0.4) is 0 Å². The molecule has 2 rings (SSSR count). The fraction of sp³-hybridized carbons (Fsp3) is 0.562. The topological polar surface area (TPSA) is 50.1 Å². The third-order valence-corrected chi connectivity index (χ3v) is 3.74. The van der Waals surface area contributed by atoms with E-state index in [0.717, 1.165) is 11.0 Å². The largest absolute Gasteiger partial charge is 0.394 e. The Hall–Kier alpha value is -1.39. The summed E-state index contributed by atoms with van der Waals surface area (Å²) in [4.78, 5) is 4.47. The van der Waals surface area contributed by atoms with Crippen LogP contribution in [0.5, 0.6) is 0 Å². The van der Waals surface area contributed by atoms with Crippen molar-refractivity contribution in [2.75, 3.05) is 6.61 Å². The van der Waals surface area contributed by atoms with Crippen molar-refractivity contribution in [3.63, 3.8) is 0 Å². The highest BCUT2D eigenvalue weighted by Gasteiger charge is 2.25. The van der Waals surface area contributed by atoms with Gasteiger partial charge >= 0.3 is 0 Å². The van der Waals surface area contributed by atoms with Crippen molar-refractivity contribution < 1.29 is 5.11 Å². The molecule has 0 saturated carbocycles. The van der Waals surface area contributed by atoms with E-state index in [4.69, 9.17) is 0 Å². The van der Waals surface area contributed by atoms with Crippen LogP contribution in [0.4, 0.5) is 0 Å². The van der Waals surface area contributed by atoms with Crippen LogP contribution in [0, 0.1) is 13.8 Å². The van der Waals surface area contributed by atoms with Crippen LogP contribution < -0.4 is 5.32 Å². The first-order valence-corrected chi connectivity index (χ1v) is 7.15. The molecule has 0 aliphatic heterocycles. The summed E-state index contributed by atoms with van der Waals surface area (Å²) in [6.07, 6.45) is 1.86. The van der Waals surface area contributed by atoms with E-state index in [-0.39, 0.29) is 12.1 Å². The summed E-state index contributed by atoms with van der Waals surface area (Å²) in [7, 11) is 0. The van der Waals surface area contributed by atoms with Gasteiger partial charge in [0.1, 0.15) is 0 Å². The Morgan fingerprint density at radius 3 is 2.55 bits per heavy atom. The minimum atomic E-state index is -0.347. The average Bonchev–Trinajstić information content (AvgIpc) is 2.71. The first-order chi connectivity index (χ1) is 9.34. The molecular weight excluding hydrogens is 250 g/mol. The molecule has 20 heavy (non-hydrogen) atoms. The molecule has 2 aromatic rings. The van der Waals surface area contributed by atoms with E-state index in [0.29, 0.717) is 12.6 Å². The zero-order valence-corrected chi connectivity index (χ0v) is 13.1. The van der Waals surface area contributed by atoms with Crippen molar-refractivity contribution in [1.82, 2.24) is 14.9 Å². The van der Waals surface area contributed by atoms with Gasteiger partial charge in [0.15, 0.2) is 0 Å². The lowest BCUT2D eigenvalue weighted by atomic mass is 10.0. The molecule has 1 unspecified atom stereocenters. The number of imidazole rings is 1. The maximum atomic E-state index is 9.71. The normalized spacial score (nSPS) is 14.9. The number of nitrogens with zero attached hydrogens (tertiary/aromatic N) is 2. The Bertz CT molecular complexity index is 603. The van der Waals surface area contributed by atoms with E-state index in [1.54, 1.807) is 0 Å². The molecule has 1 heterocycles. The number of fused-ring (bicyclic) bond motifs is 1. The third kappa shape index (κ3) is 3.02. The predicted octanol–water partition coefficient (Wildman–Crippen LogP) is 2.40. The Morgan fingerprint density at radius 1 is 1.30 bits per heavy atom. The highest BCUT2D eigenvalue weighted by molar-refractivity contribution is 5.77. The molecule has 4 heteroatoms. The van der Waals surface area contributed by atoms with E-state index in [1.165, 1.54) is 11.1 Å². The van der Waals surface area contributed by atoms with Crippen LogP contribution in [0.25, 0.3) is 11.0 Å². The number of benzene rings is 1. The minimum Gasteiger partial charge on any atom is -0.394 e. The van der Waals surface area contributed by atoms with Gasteiger partial charge in [0.25, 0.3) is 0 Å². The number of aliphatic hydroxyl groups is 1. The van der Waals surface area contributed by atoms with Crippen LogP contribution in [-0.2, 0) is 6.54 Å². The number of nitrogens with one attached hydrogen (secondary N) is 1. The van der Waals surface area contributed by atoms with Gasteiger partial charge in [-0.2, -0.15) is 0 Å². The Labute approximate surface area is 120 Å². The summed E-state index contributed by atoms with van der Waals surface area (Å²) in [5, 5.41) is 13.1. The number of aliphatic hydroxyl groups excluding tert-OH is 1. The van der Waals surface area contributed by atoms with Gasteiger partial charge in [0.05, 0.1) is 29.5 Å². The van der Waals surface area contributed by atoms with Crippen molar-refractivity contribution in [3.05, 3.63) is 29.6 Å². The third-order valence-electron chi connectivity index (χ3n) is 3.74. The van der Waals surface area contributed by atoms with Gasteiger partial charge in [-0.15, -0.1) is 0 Å². The number of hydrogen-bond donors (Lipinski definition) is 2. The summed E-state index contributed by atoms with van der Waals surface area (Å²) in [5.74, 6) is 0. The van der Waals surface area contributed by atoms with Crippen molar-refractivity contribution in [2.45, 2.75) is 52.7 Å². The zero-order chi connectivity index (χ0) is 14.9. The zero-order valence-electron chi connectivity index (χ0n) is 13.1. The Balaban J connectivity index is 2.36. The summed E-state index contributed by atoms with van der Waals surface area (Å²) in [6.45, 7) is 11.2. The van der Waals surface area contributed by atoms with Crippen molar-refractivity contribution in [1.29, 1.82) is 0 Å². The number of hydrogen-bond acceptors (Lipinski definition) is 3. The summed E-state index contributed by atoms with van der Waals surface area (Å²) >= 11 is 0. The second kappa shape index (κ2) is 5.54. The first-order valence-electron chi connectivity index (χ1n) is 7.15. The summed E-state index contributed by atoms with van der Waals surface area (Å²) in [6, 6.07) is 4.61. The predicted molar refractivity (Wildman–Crippen MR) is 83.0 cm³/mol. The molecule has 0 aliphatic rings. The van der Waals surface area contributed by atoms with Gasteiger partial charge in [-0.05, 0) is 44.0 Å². The second-order valence-electron chi connectivity index (χ2n) is 6.32. The SMILES string of the molecule is Cc1cc2ncn(CC(C)(CO)NC(C)C)c2cc1C. The molecule has 1 aromatic heterocycles. The molecule has 0 radical (unpaired) electrons. The molecule has 110 valence electrons. The molecule has 0 fully saturated rings. The number of aromatic nitrogens is 2. The number of aryl methyl sites for hydroxylation is 2.